The number of ether oxygens (including phenoxy) is 1. The van der Waals surface area contributed by atoms with Crippen LogP contribution in [-0.4, -0.2) is 19.3 Å². The number of rotatable bonds is 3. The van der Waals surface area contributed by atoms with E-state index in [2.05, 4.69) is 4.74 Å². The monoisotopic (exact) mass is 179 g/mol. The summed E-state index contributed by atoms with van der Waals surface area (Å²) in [7, 11) is 0. The van der Waals surface area contributed by atoms with Gasteiger partial charge in [0.1, 0.15) is 0 Å². The van der Waals surface area contributed by atoms with E-state index >= 15 is 0 Å². The smallest absolute Gasteiger partial charge is 0.330 e. The molecule has 4 heteroatoms. The molecule has 0 aromatic heterocycles. The standard InChI is InChI=1S/C8H15F2NO/c9-8(10)12-7-3-1-6(5-11)2-4-7/h6-8H,1-5,11H2. The molecule has 12 heavy (non-hydrogen) atoms. The van der Waals surface area contributed by atoms with Gasteiger partial charge in [0, 0.05) is 0 Å². The molecule has 2 N–H and O–H groups in total. The molecule has 0 saturated heterocycles. The molecule has 1 fully saturated rings. The van der Waals surface area contributed by atoms with Crippen LogP contribution in [0.5, 0.6) is 0 Å². The first-order chi connectivity index (χ1) is 5.72. The lowest BCUT2D eigenvalue weighted by Crippen LogP contribution is -2.27. The van der Waals surface area contributed by atoms with Crippen molar-refractivity contribution in [3.8, 4) is 0 Å². The Morgan fingerprint density at radius 2 is 1.83 bits per heavy atom. The SMILES string of the molecule is NCC1CCC(OC(F)F)CC1. The van der Waals surface area contributed by atoms with E-state index in [1.807, 2.05) is 0 Å². The highest BCUT2D eigenvalue weighted by Crippen LogP contribution is 2.26. The van der Waals surface area contributed by atoms with Gasteiger partial charge >= 0.3 is 6.61 Å². The molecular weight excluding hydrogens is 164 g/mol. The second-order valence-electron chi connectivity index (χ2n) is 3.28. The molecule has 0 heterocycles. The number of nitrogens with two attached hydrogens (primary N) is 1. The van der Waals surface area contributed by atoms with Crippen LogP contribution in [0, 0.1) is 5.92 Å². The van der Waals surface area contributed by atoms with Crippen LogP contribution >= 0.6 is 0 Å². The Bertz CT molecular complexity index is 124. The van der Waals surface area contributed by atoms with E-state index in [0.717, 1.165) is 25.7 Å². The molecule has 0 bridgehead atoms. The summed E-state index contributed by atoms with van der Waals surface area (Å²) in [6.07, 6.45) is 3.06. The van der Waals surface area contributed by atoms with E-state index in [1.165, 1.54) is 0 Å². The van der Waals surface area contributed by atoms with Gasteiger partial charge in [-0.2, -0.15) is 8.78 Å². The fraction of sp³-hybridized carbons (Fsp3) is 1.00. The summed E-state index contributed by atoms with van der Waals surface area (Å²) in [5.41, 5.74) is 5.46. The molecule has 1 aliphatic carbocycles. The predicted molar refractivity (Wildman–Crippen MR) is 41.9 cm³/mol. The summed E-state index contributed by atoms with van der Waals surface area (Å²) in [5.74, 6) is 0.516. The number of hydrogen-bond donors (Lipinski definition) is 1. The van der Waals surface area contributed by atoms with Crippen molar-refractivity contribution in [2.24, 2.45) is 11.7 Å². The van der Waals surface area contributed by atoms with Gasteiger partial charge in [-0.3, -0.25) is 0 Å². The lowest BCUT2D eigenvalue weighted by molar-refractivity contribution is -0.171. The minimum atomic E-state index is -2.62. The molecule has 0 spiro atoms. The largest absolute Gasteiger partial charge is 0.345 e. The molecule has 2 nitrogen and oxygen atoms in total. The molecule has 0 aliphatic heterocycles. The molecule has 1 rings (SSSR count). The summed E-state index contributed by atoms with van der Waals surface area (Å²) in [4.78, 5) is 0. The molecule has 0 radical (unpaired) electrons. The molecule has 1 aliphatic rings. The topological polar surface area (TPSA) is 35.2 Å². The summed E-state index contributed by atoms with van der Waals surface area (Å²) in [6.45, 7) is -1.95. The van der Waals surface area contributed by atoms with Crippen molar-refractivity contribution < 1.29 is 13.5 Å². The summed E-state index contributed by atoms with van der Waals surface area (Å²) >= 11 is 0. The van der Waals surface area contributed by atoms with E-state index < -0.39 is 6.61 Å². The van der Waals surface area contributed by atoms with Crippen molar-refractivity contribution in [2.45, 2.75) is 38.4 Å². The maximum absolute atomic E-state index is 11.8. The van der Waals surface area contributed by atoms with Crippen LogP contribution in [0.1, 0.15) is 25.7 Å². The normalized spacial score (nSPS) is 31.0. The maximum Gasteiger partial charge on any atom is 0.345 e. The summed E-state index contributed by atoms with van der Waals surface area (Å²) < 4.78 is 27.9. The van der Waals surface area contributed by atoms with E-state index in [9.17, 15) is 8.78 Å². The Kier molecular flexibility index (Phi) is 3.88. The number of halogens is 2. The Labute approximate surface area is 71.1 Å². The highest BCUT2D eigenvalue weighted by molar-refractivity contribution is 4.72. The molecule has 72 valence electrons. The maximum atomic E-state index is 11.8. The zero-order valence-electron chi connectivity index (χ0n) is 7.01. The fourth-order valence-electron chi connectivity index (χ4n) is 1.65. The third-order valence-corrected chi connectivity index (χ3v) is 2.42. The molecule has 0 aromatic carbocycles. The zero-order valence-corrected chi connectivity index (χ0v) is 7.01. The van der Waals surface area contributed by atoms with Gasteiger partial charge in [0.25, 0.3) is 0 Å². The average Bonchev–Trinajstić information content (AvgIpc) is 2.05. The second-order valence-corrected chi connectivity index (χ2v) is 3.28. The van der Waals surface area contributed by atoms with Crippen molar-refractivity contribution in [1.82, 2.24) is 0 Å². The van der Waals surface area contributed by atoms with Gasteiger partial charge in [-0.25, -0.2) is 0 Å². The first-order valence-corrected chi connectivity index (χ1v) is 4.36. The molecule has 0 amide bonds. The van der Waals surface area contributed by atoms with Crippen molar-refractivity contribution in [2.75, 3.05) is 6.54 Å². The van der Waals surface area contributed by atoms with Gasteiger partial charge in [-0.1, -0.05) is 0 Å². The second kappa shape index (κ2) is 4.72. The Hall–Kier alpha value is -0.220. The van der Waals surface area contributed by atoms with Crippen LogP contribution in [-0.2, 0) is 4.74 Å². The third-order valence-electron chi connectivity index (χ3n) is 2.42. The van der Waals surface area contributed by atoms with E-state index in [1.54, 1.807) is 0 Å². The Balaban J connectivity index is 2.17. The zero-order chi connectivity index (χ0) is 8.97. The Morgan fingerprint density at radius 3 is 2.25 bits per heavy atom. The highest BCUT2D eigenvalue weighted by Gasteiger charge is 2.22. The molecule has 0 aromatic rings. The Morgan fingerprint density at radius 1 is 1.25 bits per heavy atom. The van der Waals surface area contributed by atoms with Gasteiger partial charge in [0.2, 0.25) is 0 Å². The van der Waals surface area contributed by atoms with E-state index in [4.69, 9.17) is 5.73 Å². The van der Waals surface area contributed by atoms with Crippen LogP contribution in [0.25, 0.3) is 0 Å². The minimum absolute atomic E-state index is 0.243. The fourth-order valence-corrected chi connectivity index (χ4v) is 1.65. The average molecular weight is 179 g/mol. The molecule has 1 saturated carbocycles. The van der Waals surface area contributed by atoms with Gasteiger partial charge < -0.3 is 10.5 Å². The molecule has 0 unspecified atom stereocenters. The van der Waals surface area contributed by atoms with Gasteiger partial charge in [-0.05, 0) is 38.1 Å². The van der Waals surface area contributed by atoms with Crippen molar-refractivity contribution in [3.05, 3.63) is 0 Å². The van der Waals surface area contributed by atoms with E-state index in [0.29, 0.717) is 12.5 Å². The van der Waals surface area contributed by atoms with Gasteiger partial charge in [0.05, 0.1) is 6.10 Å². The highest BCUT2D eigenvalue weighted by atomic mass is 19.3. The van der Waals surface area contributed by atoms with Crippen molar-refractivity contribution in [3.63, 3.8) is 0 Å². The van der Waals surface area contributed by atoms with Crippen LogP contribution in [0.3, 0.4) is 0 Å². The quantitative estimate of drug-likeness (QED) is 0.716. The van der Waals surface area contributed by atoms with Crippen LogP contribution in [0.2, 0.25) is 0 Å². The summed E-state index contributed by atoms with van der Waals surface area (Å²) in [6, 6.07) is 0. The van der Waals surface area contributed by atoms with Crippen molar-refractivity contribution >= 4 is 0 Å². The van der Waals surface area contributed by atoms with Crippen LogP contribution < -0.4 is 5.73 Å². The number of alkyl halides is 2. The van der Waals surface area contributed by atoms with Gasteiger partial charge in [-0.15, -0.1) is 0 Å². The van der Waals surface area contributed by atoms with Gasteiger partial charge in [0.15, 0.2) is 0 Å². The van der Waals surface area contributed by atoms with Crippen LogP contribution in [0.4, 0.5) is 8.78 Å². The third kappa shape index (κ3) is 3.03. The van der Waals surface area contributed by atoms with Crippen molar-refractivity contribution in [1.29, 1.82) is 0 Å². The first kappa shape index (κ1) is 9.86. The lowest BCUT2D eigenvalue weighted by atomic mass is 9.87. The minimum Gasteiger partial charge on any atom is -0.330 e. The van der Waals surface area contributed by atoms with Crippen LogP contribution in [0.15, 0.2) is 0 Å². The lowest BCUT2D eigenvalue weighted by Gasteiger charge is -2.27. The van der Waals surface area contributed by atoms with E-state index in [-0.39, 0.29) is 6.10 Å². The number of hydrogen-bond acceptors (Lipinski definition) is 2. The molecular formula is C8H15F2NO. The predicted octanol–water partition coefficient (Wildman–Crippen LogP) is 1.74. The summed E-state index contributed by atoms with van der Waals surface area (Å²) in [5, 5.41) is 0. The molecule has 0 atom stereocenters. The first-order valence-electron chi connectivity index (χ1n) is 4.36.